The van der Waals surface area contributed by atoms with Crippen molar-refractivity contribution in [2.45, 2.75) is 25.7 Å². The number of aryl methyl sites for hydroxylation is 1. The fourth-order valence-corrected chi connectivity index (χ4v) is 2.99. The number of hydrogen-bond acceptors (Lipinski definition) is 3. The van der Waals surface area contributed by atoms with Crippen LogP contribution in [0.4, 0.5) is 0 Å². The highest BCUT2D eigenvalue weighted by molar-refractivity contribution is 5.77. The minimum Gasteiger partial charge on any atom is -0.396 e. The van der Waals surface area contributed by atoms with Crippen LogP contribution in [0.3, 0.4) is 0 Å². The van der Waals surface area contributed by atoms with Crippen LogP contribution in [-0.2, 0) is 16.0 Å². The minimum absolute atomic E-state index is 0.0420. The van der Waals surface area contributed by atoms with Gasteiger partial charge < -0.3 is 14.7 Å². The van der Waals surface area contributed by atoms with Crippen LogP contribution >= 0.6 is 0 Å². The molecule has 0 aromatic heterocycles. The second kappa shape index (κ2) is 7.57. The third-order valence-corrected chi connectivity index (χ3v) is 4.57. The number of ether oxygens (including phenoxy) is 1. The summed E-state index contributed by atoms with van der Waals surface area (Å²) in [5, 5.41) is 9.82. The molecule has 1 saturated heterocycles. The summed E-state index contributed by atoms with van der Waals surface area (Å²) in [4.78, 5) is 13.7. The number of amides is 1. The zero-order valence-corrected chi connectivity index (χ0v) is 12.8. The summed E-state index contributed by atoms with van der Waals surface area (Å²) in [6.45, 7) is 1.79. The van der Waals surface area contributed by atoms with Gasteiger partial charge in [0.15, 0.2) is 0 Å². The summed E-state index contributed by atoms with van der Waals surface area (Å²) in [5.74, 6) is 0.0482. The lowest BCUT2D eigenvalue weighted by atomic mass is 9.75. The van der Waals surface area contributed by atoms with E-state index in [-0.39, 0.29) is 24.5 Å². The zero-order valence-electron chi connectivity index (χ0n) is 12.8. The van der Waals surface area contributed by atoms with Gasteiger partial charge in [0.1, 0.15) is 6.61 Å². The van der Waals surface area contributed by atoms with Crippen molar-refractivity contribution in [2.75, 3.05) is 33.4 Å². The Labute approximate surface area is 126 Å². The number of rotatable bonds is 6. The average molecular weight is 291 g/mol. The predicted octanol–water partition coefficient (Wildman–Crippen LogP) is 1.87. The van der Waals surface area contributed by atoms with E-state index >= 15 is 0 Å². The van der Waals surface area contributed by atoms with Gasteiger partial charge in [-0.15, -0.1) is 0 Å². The lowest BCUT2D eigenvalue weighted by Crippen LogP contribution is -2.46. The molecule has 0 spiro atoms. The van der Waals surface area contributed by atoms with Gasteiger partial charge in [0, 0.05) is 26.8 Å². The van der Waals surface area contributed by atoms with Crippen molar-refractivity contribution in [2.24, 2.45) is 5.41 Å². The predicted molar refractivity (Wildman–Crippen MR) is 82.0 cm³/mol. The Balaban J connectivity index is 1.87. The quantitative estimate of drug-likeness (QED) is 0.870. The first-order valence-corrected chi connectivity index (χ1v) is 7.61. The second-order valence-electron chi connectivity index (χ2n) is 5.96. The van der Waals surface area contributed by atoms with Gasteiger partial charge in [-0.3, -0.25) is 4.79 Å². The fraction of sp³-hybridized carbons (Fsp3) is 0.588. The number of hydrogen-bond donors (Lipinski definition) is 1. The molecular formula is C17H25NO3. The van der Waals surface area contributed by atoms with Crippen LogP contribution in [0, 0.1) is 5.41 Å². The molecule has 2 rings (SSSR count). The van der Waals surface area contributed by atoms with Crippen molar-refractivity contribution in [3.05, 3.63) is 35.9 Å². The third kappa shape index (κ3) is 4.29. The van der Waals surface area contributed by atoms with Crippen molar-refractivity contribution in [3.8, 4) is 0 Å². The molecule has 21 heavy (non-hydrogen) atoms. The highest BCUT2D eigenvalue weighted by atomic mass is 16.5. The molecule has 0 atom stereocenters. The normalized spacial score (nSPS) is 17.7. The highest BCUT2D eigenvalue weighted by Gasteiger charge is 2.34. The second-order valence-corrected chi connectivity index (χ2v) is 5.96. The standard InChI is InChI=1S/C17H25NO3/c1-21-13-16(20)18-11-9-17(14-19,10-12-18)8-7-15-5-3-2-4-6-15/h2-6,19H,7-14H2,1H3. The summed E-state index contributed by atoms with van der Waals surface area (Å²) in [5.41, 5.74) is 1.27. The Morgan fingerprint density at radius 2 is 1.95 bits per heavy atom. The molecule has 0 bridgehead atoms. The molecule has 0 aliphatic carbocycles. The molecule has 1 fully saturated rings. The molecule has 1 heterocycles. The van der Waals surface area contributed by atoms with Crippen LogP contribution in [-0.4, -0.2) is 49.3 Å². The molecule has 1 aliphatic heterocycles. The number of carbonyl (C=O) groups is 1. The topological polar surface area (TPSA) is 49.8 Å². The molecule has 4 nitrogen and oxygen atoms in total. The first-order valence-electron chi connectivity index (χ1n) is 7.61. The lowest BCUT2D eigenvalue weighted by Gasteiger charge is -2.41. The van der Waals surface area contributed by atoms with Crippen molar-refractivity contribution < 1.29 is 14.6 Å². The first kappa shape index (κ1) is 16.0. The Morgan fingerprint density at radius 3 is 2.52 bits per heavy atom. The maximum atomic E-state index is 11.8. The van der Waals surface area contributed by atoms with Gasteiger partial charge in [0.05, 0.1) is 0 Å². The number of carbonyl (C=O) groups excluding carboxylic acids is 1. The van der Waals surface area contributed by atoms with Crippen LogP contribution in [0.5, 0.6) is 0 Å². The molecular weight excluding hydrogens is 266 g/mol. The van der Waals surface area contributed by atoms with Crippen molar-refractivity contribution in [1.82, 2.24) is 4.90 Å². The molecule has 116 valence electrons. The largest absolute Gasteiger partial charge is 0.396 e. The van der Waals surface area contributed by atoms with E-state index in [1.54, 1.807) is 7.11 Å². The Kier molecular flexibility index (Phi) is 5.76. The number of benzene rings is 1. The maximum absolute atomic E-state index is 11.8. The van der Waals surface area contributed by atoms with E-state index in [0.29, 0.717) is 0 Å². The van der Waals surface area contributed by atoms with E-state index in [4.69, 9.17) is 4.74 Å². The van der Waals surface area contributed by atoms with Crippen LogP contribution in [0.1, 0.15) is 24.8 Å². The fourth-order valence-electron chi connectivity index (χ4n) is 2.99. The van der Waals surface area contributed by atoms with Gasteiger partial charge in [-0.05, 0) is 36.7 Å². The number of piperidine rings is 1. The van der Waals surface area contributed by atoms with Crippen LogP contribution < -0.4 is 0 Å². The summed E-state index contributed by atoms with van der Waals surface area (Å²) in [6.07, 6.45) is 3.69. The van der Waals surface area contributed by atoms with E-state index in [2.05, 4.69) is 12.1 Å². The Hall–Kier alpha value is -1.39. The smallest absolute Gasteiger partial charge is 0.248 e. The van der Waals surface area contributed by atoms with Crippen molar-refractivity contribution >= 4 is 5.91 Å². The Bertz CT molecular complexity index is 439. The number of methoxy groups -OCH3 is 1. The zero-order chi connectivity index (χ0) is 15.1. The average Bonchev–Trinajstić information content (AvgIpc) is 2.54. The Morgan fingerprint density at radius 1 is 1.29 bits per heavy atom. The van der Waals surface area contributed by atoms with E-state index < -0.39 is 0 Å². The van der Waals surface area contributed by atoms with Crippen LogP contribution in [0.25, 0.3) is 0 Å². The van der Waals surface area contributed by atoms with E-state index in [0.717, 1.165) is 38.8 Å². The summed E-state index contributed by atoms with van der Waals surface area (Å²) >= 11 is 0. The maximum Gasteiger partial charge on any atom is 0.248 e. The monoisotopic (exact) mass is 291 g/mol. The molecule has 1 amide bonds. The van der Waals surface area contributed by atoms with Gasteiger partial charge in [-0.25, -0.2) is 0 Å². The number of aliphatic hydroxyl groups excluding tert-OH is 1. The molecule has 4 heteroatoms. The molecule has 1 aromatic carbocycles. The number of aliphatic hydroxyl groups is 1. The first-order chi connectivity index (χ1) is 10.2. The van der Waals surface area contributed by atoms with E-state index in [1.165, 1.54) is 5.56 Å². The van der Waals surface area contributed by atoms with Crippen molar-refractivity contribution in [3.63, 3.8) is 0 Å². The highest BCUT2D eigenvalue weighted by Crippen LogP contribution is 2.35. The summed E-state index contributed by atoms with van der Waals surface area (Å²) < 4.78 is 4.90. The van der Waals surface area contributed by atoms with Gasteiger partial charge in [-0.1, -0.05) is 30.3 Å². The van der Waals surface area contributed by atoms with E-state index in [9.17, 15) is 9.90 Å². The molecule has 1 aliphatic rings. The molecule has 0 unspecified atom stereocenters. The van der Waals surface area contributed by atoms with Gasteiger partial charge in [0.2, 0.25) is 5.91 Å². The number of nitrogens with zero attached hydrogens (tertiary/aromatic N) is 1. The van der Waals surface area contributed by atoms with Gasteiger partial charge in [-0.2, -0.15) is 0 Å². The third-order valence-electron chi connectivity index (χ3n) is 4.57. The van der Waals surface area contributed by atoms with Gasteiger partial charge >= 0.3 is 0 Å². The summed E-state index contributed by atoms with van der Waals surface area (Å²) in [7, 11) is 1.54. The molecule has 1 N–H and O–H groups in total. The van der Waals surface area contributed by atoms with Crippen molar-refractivity contribution in [1.29, 1.82) is 0 Å². The minimum atomic E-state index is -0.0420. The molecule has 1 aromatic rings. The molecule has 0 saturated carbocycles. The van der Waals surface area contributed by atoms with Crippen LogP contribution in [0.15, 0.2) is 30.3 Å². The van der Waals surface area contributed by atoms with E-state index in [1.807, 2.05) is 23.1 Å². The molecule has 0 radical (unpaired) electrons. The van der Waals surface area contributed by atoms with Crippen LogP contribution in [0.2, 0.25) is 0 Å². The number of likely N-dealkylation sites (tertiary alicyclic amines) is 1. The SMILES string of the molecule is COCC(=O)N1CCC(CO)(CCc2ccccc2)CC1. The summed E-state index contributed by atoms with van der Waals surface area (Å²) in [6, 6.07) is 10.4. The lowest BCUT2D eigenvalue weighted by molar-refractivity contribution is -0.138. The van der Waals surface area contributed by atoms with Gasteiger partial charge in [0.25, 0.3) is 0 Å².